The molecule has 1 aliphatic heterocycles. The first-order chi connectivity index (χ1) is 6.24. The number of ether oxygens (including phenoxy) is 1. The number of hydrogen-bond donors (Lipinski definition) is 1. The molecule has 0 aliphatic carbocycles. The zero-order chi connectivity index (χ0) is 9.31. The quantitative estimate of drug-likeness (QED) is 0.796. The standard InChI is InChI=1S/C10H12O2Se/c1-12-9-4-2-8(3-5-9)10(11)6-13-7-10/h2-5,11H,6-7H2,1H3. The summed E-state index contributed by atoms with van der Waals surface area (Å²) < 4.78 is 5.06. The second-order valence-electron chi connectivity index (χ2n) is 3.25. The summed E-state index contributed by atoms with van der Waals surface area (Å²) in [7, 11) is 1.65. The fourth-order valence-electron chi connectivity index (χ4n) is 1.36. The molecule has 0 bridgehead atoms. The maximum atomic E-state index is 10.0. The first-order valence-electron chi connectivity index (χ1n) is 4.19. The Morgan fingerprint density at radius 2 is 1.92 bits per heavy atom. The molecule has 1 heterocycles. The van der Waals surface area contributed by atoms with Crippen molar-refractivity contribution in [2.75, 3.05) is 7.11 Å². The Bertz CT molecular complexity index is 290. The van der Waals surface area contributed by atoms with Crippen LogP contribution in [0.1, 0.15) is 5.56 Å². The number of rotatable bonds is 2. The zero-order valence-electron chi connectivity index (χ0n) is 7.49. The summed E-state index contributed by atoms with van der Waals surface area (Å²) in [6, 6.07) is 7.71. The summed E-state index contributed by atoms with van der Waals surface area (Å²) in [5.41, 5.74) is 0.508. The summed E-state index contributed by atoms with van der Waals surface area (Å²) in [5.74, 6) is 0.845. The van der Waals surface area contributed by atoms with Crippen LogP contribution in [0.4, 0.5) is 0 Å². The van der Waals surface area contributed by atoms with E-state index in [0.29, 0.717) is 15.0 Å². The van der Waals surface area contributed by atoms with Gasteiger partial charge in [-0.3, -0.25) is 0 Å². The fraction of sp³-hybridized carbons (Fsp3) is 0.400. The zero-order valence-corrected chi connectivity index (χ0v) is 9.20. The molecular formula is C10H12O2Se. The Morgan fingerprint density at radius 1 is 1.31 bits per heavy atom. The molecule has 0 spiro atoms. The summed E-state index contributed by atoms with van der Waals surface area (Å²) in [6.45, 7) is 0. The van der Waals surface area contributed by atoms with Crippen molar-refractivity contribution in [1.29, 1.82) is 0 Å². The van der Waals surface area contributed by atoms with Gasteiger partial charge in [-0.15, -0.1) is 0 Å². The van der Waals surface area contributed by atoms with Crippen molar-refractivity contribution >= 4 is 15.0 Å². The van der Waals surface area contributed by atoms with Crippen LogP contribution in [0.15, 0.2) is 24.3 Å². The van der Waals surface area contributed by atoms with E-state index in [2.05, 4.69) is 0 Å². The SMILES string of the molecule is COc1ccc(C2(O)C[Se]C2)cc1. The van der Waals surface area contributed by atoms with E-state index in [1.54, 1.807) is 7.11 Å². The Hall–Kier alpha value is -0.501. The molecule has 1 aliphatic rings. The average molecular weight is 243 g/mol. The molecule has 13 heavy (non-hydrogen) atoms. The number of aliphatic hydroxyl groups is 1. The van der Waals surface area contributed by atoms with Gasteiger partial charge in [-0.25, -0.2) is 0 Å². The minimum atomic E-state index is -0.522. The molecule has 1 saturated heterocycles. The molecule has 0 amide bonds. The van der Waals surface area contributed by atoms with Crippen LogP contribution in [-0.4, -0.2) is 27.2 Å². The van der Waals surface area contributed by atoms with E-state index in [1.807, 2.05) is 24.3 Å². The number of benzene rings is 1. The summed E-state index contributed by atoms with van der Waals surface area (Å²) in [5, 5.41) is 11.9. The van der Waals surface area contributed by atoms with Gasteiger partial charge in [0.25, 0.3) is 0 Å². The first kappa shape index (κ1) is 9.07. The van der Waals surface area contributed by atoms with Crippen molar-refractivity contribution < 1.29 is 9.84 Å². The van der Waals surface area contributed by atoms with Crippen LogP contribution >= 0.6 is 0 Å². The molecule has 0 radical (unpaired) electrons. The molecule has 2 nitrogen and oxygen atoms in total. The molecule has 3 heteroatoms. The van der Waals surface area contributed by atoms with Crippen molar-refractivity contribution in [3.8, 4) is 5.75 Å². The van der Waals surface area contributed by atoms with Crippen molar-refractivity contribution in [2.24, 2.45) is 0 Å². The van der Waals surface area contributed by atoms with Crippen LogP contribution in [0, 0.1) is 0 Å². The molecule has 0 aromatic heterocycles. The molecule has 0 unspecified atom stereocenters. The minimum absolute atomic E-state index is 0.522. The first-order valence-corrected chi connectivity index (χ1v) is 6.61. The van der Waals surface area contributed by atoms with E-state index >= 15 is 0 Å². The predicted octanol–water partition coefficient (Wildman–Crippen LogP) is 1.44. The number of hydrogen-bond acceptors (Lipinski definition) is 2. The third-order valence-electron chi connectivity index (χ3n) is 2.31. The van der Waals surface area contributed by atoms with Crippen LogP contribution in [0.5, 0.6) is 5.75 Å². The van der Waals surface area contributed by atoms with Gasteiger partial charge in [0.15, 0.2) is 0 Å². The van der Waals surface area contributed by atoms with Gasteiger partial charge in [0.1, 0.15) is 0 Å². The van der Waals surface area contributed by atoms with E-state index in [-0.39, 0.29) is 0 Å². The topological polar surface area (TPSA) is 29.5 Å². The molecule has 70 valence electrons. The molecule has 2 rings (SSSR count). The molecule has 1 N–H and O–H groups in total. The maximum absolute atomic E-state index is 10.0. The second-order valence-corrected chi connectivity index (χ2v) is 5.32. The number of methoxy groups -OCH3 is 1. The molecule has 1 aromatic rings. The van der Waals surface area contributed by atoms with E-state index in [4.69, 9.17) is 4.74 Å². The van der Waals surface area contributed by atoms with Crippen LogP contribution in [-0.2, 0) is 5.60 Å². The van der Waals surface area contributed by atoms with Gasteiger partial charge in [0.2, 0.25) is 0 Å². The van der Waals surface area contributed by atoms with E-state index in [0.717, 1.165) is 22.0 Å². The van der Waals surface area contributed by atoms with Crippen LogP contribution in [0.25, 0.3) is 0 Å². The fourth-order valence-corrected chi connectivity index (χ4v) is 3.30. The van der Waals surface area contributed by atoms with Crippen molar-refractivity contribution in [1.82, 2.24) is 0 Å². The molecule has 1 fully saturated rings. The average Bonchev–Trinajstić information content (AvgIpc) is 2.14. The summed E-state index contributed by atoms with van der Waals surface area (Å²) in [6.07, 6.45) is 0. The van der Waals surface area contributed by atoms with Gasteiger partial charge >= 0.3 is 83.7 Å². The molecule has 0 saturated carbocycles. The van der Waals surface area contributed by atoms with Gasteiger partial charge < -0.3 is 0 Å². The Labute approximate surface area is 84.1 Å². The third-order valence-corrected chi connectivity index (χ3v) is 5.17. The van der Waals surface area contributed by atoms with Crippen molar-refractivity contribution in [2.45, 2.75) is 16.2 Å². The van der Waals surface area contributed by atoms with Gasteiger partial charge in [0, 0.05) is 0 Å². The molecular weight excluding hydrogens is 231 g/mol. The monoisotopic (exact) mass is 244 g/mol. The van der Waals surface area contributed by atoms with Crippen molar-refractivity contribution in [3.05, 3.63) is 29.8 Å². The Balaban J connectivity index is 2.22. The van der Waals surface area contributed by atoms with Crippen LogP contribution < -0.4 is 4.74 Å². The molecule has 1 aromatic carbocycles. The van der Waals surface area contributed by atoms with E-state index in [1.165, 1.54) is 0 Å². The predicted molar refractivity (Wildman–Crippen MR) is 52.3 cm³/mol. The Kier molecular flexibility index (Phi) is 2.33. The summed E-state index contributed by atoms with van der Waals surface area (Å²) >= 11 is 0.647. The molecule has 0 atom stereocenters. The van der Waals surface area contributed by atoms with Gasteiger partial charge in [-0.05, 0) is 0 Å². The third kappa shape index (κ3) is 1.60. The van der Waals surface area contributed by atoms with E-state index < -0.39 is 5.60 Å². The van der Waals surface area contributed by atoms with Gasteiger partial charge in [-0.1, -0.05) is 0 Å². The van der Waals surface area contributed by atoms with Crippen LogP contribution in [0.3, 0.4) is 0 Å². The van der Waals surface area contributed by atoms with E-state index in [9.17, 15) is 5.11 Å². The van der Waals surface area contributed by atoms with Crippen LogP contribution in [0.2, 0.25) is 10.6 Å². The Morgan fingerprint density at radius 3 is 2.31 bits per heavy atom. The van der Waals surface area contributed by atoms with Gasteiger partial charge in [0.05, 0.1) is 0 Å². The second kappa shape index (κ2) is 3.33. The van der Waals surface area contributed by atoms with Crippen molar-refractivity contribution in [3.63, 3.8) is 0 Å². The van der Waals surface area contributed by atoms with Gasteiger partial charge in [-0.2, -0.15) is 0 Å². The normalized spacial score (nSPS) is 19.2. The summed E-state index contributed by atoms with van der Waals surface area (Å²) in [4.78, 5) is 0.